The second-order valence-corrected chi connectivity index (χ2v) is 8.16. The van der Waals surface area contributed by atoms with Crippen molar-refractivity contribution in [3.05, 3.63) is 90.1 Å². The standard InChI is InChI=1S/C27H27N/c1-18(2)21-10-11-26-22(14-21)12-13-28-27(26)25-16-23(19(3)4)15-24(17-25)20-8-6-5-7-9-20/h5-19H,1-4H3. The summed E-state index contributed by atoms with van der Waals surface area (Å²) < 4.78 is 0. The van der Waals surface area contributed by atoms with Crippen molar-refractivity contribution in [2.24, 2.45) is 0 Å². The molecule has 0 fully saturated rings. The number of fused-ring (bicyclic) bond motifs is 1. The van der Waals surface area contributed by atoms with Gasteiger partial charge in [-0.15, -0.1) is 0 Å². The third-order valence-corrected chi connectivity index (χ3v) is 5.46. The van der Waals surface area contributed by atoms with Crippen molar-refractivity contribution in [1.29, 1.82) is 0 Å². The third-order valence-electron chi connectivity index (χ3n) is 5.46. The van der Waals surface area contributed by atoms with Crippen molar-refractivity contribution >= 4 is 10.8 Å². The lowest BCUT2D eigenvalue weighted by molar-refractivity contribution is 0.867. The van der Waals surface area contributed by atoms with E-state index in [0.717, 1.165) is 5.69 Å². The molecule has 28 heavy (non-hydrogen) atoms. The first-order valence-electron chi connectivity index (χ1n) is 10.1. The van der Waals surface area contributed by atoms with Crippen molar-refractivity contribution in [3.8, 4) is 22.4 Å². The van der Waals surface area contributed by atoms with Gasteiger partial charge < -0.3 is 0 Å². The van der Waals surface area contributed by atoms with Crippen molar-refractivity contribution in [2.75, 3.05) is 0 Å². The molecule has 3 aromatic carbocycles. The number of hydrogen-bond acceptors (Lipinski definition) is 1. The largest absolute Gasteiger partial charge is 0.256 e. The molecule has 0 amide bonds. The molecule has 140 valence electrons. The Hall–Kier alpha value is -2.93. The van der Waals surface area contributed by atoms with Gasteiger partial charge in [-0.1, -0.05) is 82.3 Å². The van der Waals surface area contributed by atoms with Crippen LogP contribution in [0.2, 0.25) is 0 Å². The molecule has 0 aliphatic rings. The highest BCUT2D eigenvalue weighted by atomic mass is 14.7. The fourth-order valence-corrected chi connectivity index (χ4v) is 3.70. The van der Waals surface area contributed by atoms with Gasteiger partial charge in [-0.2, -0.15) is 0 Å². The zero-order valence-electron chi connectivity index (χ0n) is 17.1. The number of hydrogen-bond donors (Lipinski definition) is 0. The Labute approximate surface area is 168 Å². The van der Waals surface area contributed by atoms with Crippen LogP contribution in [0.25, 0.3) is 33.2 Å². The average Bonchev–Trinajstić information content (AvgIpc) is 2.73. The first kappa shape index (κ1) is 18.4. The second kappa shape index (κ2) is 7.59. The van der Waals surface area contributed by atoms with E-state index >= 15 is 0 Å². The van der Waals surface area contributed by atoms with Gasteiger partial charge >= 0.3 is 0 Å². The van der Waals surface area contributed by atoms with Crippen LogP contribution >= 0.6 is 0 Å². The third kappa shape index (κ3) is 3.57. The Morgan fingerprint density at radius 2 is 1.32 bits per heavy atom. The highest BCUT2D eigenvalue weighted by molar-refractivity contribution is 5.95. The number of benzene rings is 3. The Balaban J connectivity index is 1.92. The van der Waals surface area contributed by atoms with Crippen LogP contribution in [0.3, 0.4) is 0 Å². The normalized spacial score (nSPS) is 11.5. The topological polar surface area (TPSA) is 12.9 Å². The summed E-state index contributed by atoms with van der Waals surface area (Å²) in [6.07, 6.45) is 1.94. The SMILES string of the molecule is CC(C)c1cc(-c2ccccc2)cc(-c2nccc3cc(C(C)C)ccc23)c1. The van der Waals surface area contributed by atoms with Gasteiger partial charge in [0, 0.05) is 17.1 Å². The van der Waals surface area contributed by atoms with Gasteiger partial charge in [-0.25, -0.2) is 0 Å². The Bertz CT molecular complexity index is 1110. The molecule has 0 atom stereocenters. The van der Waals surface area contributed by atoms with Gasteiger partial charge in [0.1, 0.15) is 0 Å². The van der Waals surface area contributed by atoms with Crippen molar-refractivity contribution < 1.29 is 0 Å². The number of aromatic nitrogens is 1. The molecule has 1 aromatic heterocycles. The van der Waals surface area contributed by atoms with Crippen LogP contribution in [-0.4, -0.2) is 4.98 Å². The van der Waals surface area contributed by atoms with E-state index in [0.29, 0.717) is 11.8 Å². The summed E-state index contributed by atoms with van der Waals surface area (Å²) in [4.78, 5) is 4.79. The molecule has 1 heteroatoms. The van der Waals surface area contributed by atoms with E-state index in [-0.39, 0.29) is 0 Å². The molecule has 1 heterocycles. The number of rotatable bonds is 4. The molecule has 0 spiro atoms. The van der Waals surface area contributed by atoms with E-state index < -0.39 is 0 Å². The van der Waals surface area contributed by atoms with Crippen molar-refractivity contribution in [2.45, 2.75) is 39.5 Å². The van der Waals surface area contributed by atoms with Gasteiger partial charge in [0.25, 0.3) is 0 Å². The monoisotopic (exact) mass is 365 g/mol. The molecule has 0 aliphatic heterocycles. The zero-order chi connectivity index (χ0) is 19.7. The van der Waals surface area contributed by atoms with E-state index in [9.17, 15) is 0 Å². The zero-order valence-corrected chi connectivity index (χ0v) is 17.1. The van der Waals surface area contributed by atoms with Crippen LogP contribution in [0.5, 0.6) is 0 Å². The maximum absolute atomic E-state index is 4.79. The van der Waals surface area contributed by atoms with Gasteiger partial charge in [-0.05, 0) is 57.7 Å². The molecule has 4 aromatic rings. The van der Waals surface area contributed by atoms with Crippen LogP contribution < -0.4 is 0 Å². The summed E-state index contributed by atoms with van der Waals surface area (Å²) >= 11 is 0. The molecular weight excluding hydrogens is 338 g/mol. The fraction of sp³-hybridized carbons (Fsp3) is 0.222. The number of pyridine rings is 1. The first-order valence-corrected chi connectivity index (χ1v) is 10.1. The van der Waals surface area contributed by atoms with E-state index in [2.05, 4.69) is 100 Å². The molecule has 0 saturated carbocycles. The molecule has 4 rings (SSSR count). The Morgan fingerprint density at radius 1 is 0.607 bits per heavy atom. The van der Waals surface area contributed by atoms with Crippen LogP contribution in [0.1, 0.15) is 50.7 Å². The Morgan fingerprint density at radius 3 is 2.04 bits per heavy atom. The lowest BCUT2D eigenvalue weighted by atomic mass is 9.91. The van der Waals surface area contributed by atoms with E-state index in [1.807, 2.05) is 6.20 Å². The summed E-state index contributed by atoms with van der Waals surface area (Å²) in [5.41, 5.74) is 7.45. The maximum atomic E-state index is 4.79. The van der Waals surface area contributed by atoms with Crippen LogP contribution in [0.4, 0.5) is 0 Å². The van der Waals surface area contributed by atoms with Gasteiger partial charge in [-0.3, -0.25) is 4.98 Å². The van der Waals surface area contributed by atoms with Crippen LogP contribution in [-0.2, 0) is 0 Å². The van der Waals surface area contributed by atoms with Crippen molar-refractivity contribution in [3.63, 3.8) is 0 Å². The quantitative estimate of drug-likeness (QED) is 0.359. The molecule has 0 unspecified atom stereocenters. The summed E-state index contributed by atoms with van der Waals surface area (Å²) in [7, 11) is 0. The summed E-state index contributed by atoms with van der Waals surface area (Å²) in [6, 6.07) is 26.4. The predicted octanol–water partition coefficient (Wildman–Crippen LogP) is 7.82. The molecule has 1 nitrogen and oxygen atoms in total. The Kier molecular flexibility index (Phi) is 5.00. The minimum atomic E-state index is 0.463. The van der Waals surface area contributed by atoms with E-state index in [1.165, 1.54) is 38.6 Å². The fourth-order valence-electron chi connectivity index (χ4n) is 3.70. The summed E-state index contributed by atoms with van der Waals surface area (Å²) in [6.45, 7) is 8.97. The molecule has 0 saturated heterocycles. The maximum Gasteiger partial charge on any atom is 0.0780 e. The van der Waals surface area contributed by atoms with Gasteiger partial charge in [0.15, 0.2) is 0 Å². The van der Waals surface area contributed by atoms with Crippen molar-refractivity contribution in [1.82, 2.24) is 4.98 Å². The van der Waals surface area contributed by atoms with Gasteiger partial charge in [0.2, 0.25) is 0 Å². The predicted molar refractivity (Wildman–Crippen MR) is 121 cm³/mol. The molecular formula is C27H27N. The smallest absolute Gasteiger partial charge is 0.0780 e. The molecule has 0 bridgehead atoms. The summed E-state index contributed by atoms with van der Waals surface area (Å²) in [5.74, 6) is 0.986. The highest BCUT2D eigenvalue weighted by Gasteiger charge is 2.12. The highest BCUT2D eigenvalue weighted by Crippen LogP contribution is 2.34. The van der Waals surface area contributed by atoms with E-state index in [1.54, 1.807) is 0 Å². The van der Waals surface area contributed by atoms with Crippen LogP contribution in [0.15, 0.2) is 79.0 Å². The summed E-state index contributed by atoms with van der Waals surface area (Å²) in [5, 5.41) is 2.47. The molecule has 0 aliphatic carbocycles. The average molecular weight is 366 g/mol. The van der Waals surface area contributed by atoms with Gasteiger partial charge in [0.05, 0.1) is 5.69 Å². The minimum Gasteiger partial charge on any atom is -0.256 e. The second-order valence-electron chi connectivity index (χ2n) is 8.16. The minimum absolute atomic E-state index is 0.463. The number of nitrogens with zero attached hydrogens (tertiary/aromatic N) is 1. The first-order chi connectivity index (χ1) is 13.5. The lowest BCUT2D eigenvalue weighted by Gasteiger charge is -2.14. The van der Waals surface area contributed by atoms with E-state index in [4.69, 9.17) is 4.98 Å². The lowest BCUT2D eigenvalue weighted by Crippen LogP contribution is -1.94. The molecule has 0 N–H and O–H groups in total. The van der Waals surface area contributed by atoms with Crippen LogP contribution in [0, 0.1) is 0 Å². The molecule has 0 radical (unpaired) electrons.